The third-order valence-electron chi connectivity index (χ3n) is 3.70. The zero-order chi connectivity index (χ0) is 18.4. The number of thioether (sulfide) groups is 1. The normalized spacial score (nSPS) is 14.8. The first-order valence-corrected chi connectivity index (χ1v) is 9.75. The van der Waals surface area contributed by atoms with E-state index in [9.17, 15) is 9.59 Å². The summed E-state index contributed by atoms with van der Waals surface area (Å²) in [6, 6.07) is 1.82. The van der Waals surface area contributed by atoms with E-state index < -0.39 is 0 Å². The van der Waals surface area contributed by atoms with Gasteiger partial charge in [0.1, 0.15) is 11.0 Å². The lowest BCUT2D eigenvalue weighted by Crippen LogP contribution is -2.48. The molecule has 2 amide bonds. The van der Waals surface area contributed by atoms with Gasteiger partial charge in [0.25, 0.3) is 0 Å². The predicted octanol–water partition coefficient (Wildman–Crippen LogP) is 1.81. The Labute approximate surface area is 157 Å². The first-order chi connectivity index (χ1) is 11.9. The molecule has 0 unspecified atom stereocenters. The minimum absolute atomic E-state index is 0.0585. The number of rotatable bonds is 6. The van der Waals surface area contributed by atoms with E-state index in [4.69, 9.17) is 11.6 Å². The maximum atomic E-state index is 11.8. The van der Waals surface area contributed by atoms with Gasteiger partial charge in [0.05, 0.1) is 5.75 Å². The summed E-state index contributed by atoms with van der Waals surface area (Å²) in [5.74, 6) is 1.09. The lowest BCUT2D eigenvalue weighted by atomic mass is 10.3. The summed E-state index contributed by atoms with van der Waals surface area (Å²) in [5, 5.41) is 3.66. The summed E-state index contributed by atoms with van der Waals surface area (Å²) in [6.45, 7) is 8.46. The molecule has 2 heterocycles. The van der Waals surface area contributed by atoms with Crippen molar-refractivity contribution in [3.63, 3.8) is 0 Å². The van der Waals surface area contributed by atoms with Gasteiger partial charge in [-0.3, -0.25) is 9.59 Å². The van der Waals surface area contributed by atoms with Crippen molar-refractivity contribution in [2.45, 2.75) is 38.4 Å². The second-order valence-corrected chi connectivity index (χ2v) is 7.39. The Morgan fingerprint density at radius 2 is 1.96 bits per heavy atom. The van der Waals surface area contributed by atoms with Gasteiger partial charge in [0.15, 0.2) is 5.16 Å². The molecule has 0 aromatic carbocycles. The molecular weight excluding hydrogens is 362 g/mol. The number of hydrogen-bond donors (Lipinski definition) is 1. The smallest absolute Gasteiger partial charge is 0.230 e. The Morgan fingerprint density at radius 3 is 2.56 bits per heavy atom. The van der Waals surface area contributed by atoms with Crippen molar-refractivity contribution < 1.29 is 9.59 Å². The Balaban J connectivity index is 1.97. The molecule has 0 aliphatic carbocycles. The number of nitrogens with one attached hydrogen (secondary N) is 1. The molecule has 7 nitrogen and oxygen atoms in total. The lowest BCUT2D eigenvalue weighted by molar-refractivity contribution is -0.131. The number of nitrogens with zero attached hydrogens (tertiary/aromatic N) is 4. The summed E-state index contributed by atoms with van der Waals surface area (Å²) in [5.41, 5.74) is 0. The van der Waals surface area contributed by atoms with Crippen molar-refractivity contribution in [2.24, 2.45) is 0 Å². The van der Waals surface area contributed by atoms with Crippen molar-refractivity contribution in [1.82, 2.24) is 20.2 Å². The molecule has 9 heteroatoms. The van der Waals surface area contributed by atoms with Gasteiger partial charge in [-0.1, -0.05) is 30.3 Å². The zero-order valence-corrected chi connectivity index (χ0v) is 16.4. The molecule has 1 aliphatic heterocycles. The van der Waals surface area contributed by atoms with Crippen LogP contribution in [0.15, 0.2) is 11.2 Å². The van der Waals surface area contributed by atoms with E-state index in [1.807, 2.05) is 25.7 Å². The summed E-state index contributed by atoms with van der Waals surface area (Å²) < 4.78 is 0. The number of piperazine rings is 1. The van der Waals surface area contributed by atoms with Crippen LogP contribution in [0.25, 0.3) is 0 Å². The standard InChI is InChI=1S/C16H24ClN5O2S/c1-4-15(24)22-7-5-21(6-8-22)13-9-12(17)19-16(20-13)25-10-14(23)18-11(2)3/h9,11H,4-8,10H2,1-3H3,(H,18,23). The SMILES string of the molecule is CCC(=O)N1CCN(c2cc(Cl)nc(SCC(=O)NC(C)C)n2)CC1. The number of anilines is 1. The fraction of sp³-hybridized carbons (Fsp3) is 0.625. The van der Waals surface area contributed by atoms with Gasteiger partial charge in [-0.15, -0.1) is 0 Å². The summed E-state index contributed by atoms with van der Waals surface area (Å²) in [6.07, 6.45) is 0.526. The van der Waals surface area contributed by atoms with Crippen LogP contribution in [-0.4, -0.2) is 64.7 Å². The van der Waals surface area contributed by atoms with Gasteiger partial charge in [-0.2, -0.15) is 0 Å². The third-order valence-corrected chi connectivity index (χ3v) is 4.74. The second kappa shape index (κ2) is 9.24. The fourth-order valence-electron chi connectivity index (χ4n) is 2.51. The molecule has 0 radical (unpaired) electrons. The van der Waals surface area contributed by atoms with Crippen LogP contribution in [0, 0.1) is 0 Å². The first kappa shape index (κ1) is 19.8. The molecule has 1 aliphatic rings. The van der Waals surface area contributed by atoms with E-state index >= 15 is 0 Å². The topological polar surface area (TPSA) is 78.4 Å². The van der Waals surface area contributed by atoms with E-state index in [-0.39, 0.29) is 23.6 Å². The van der Waals surface area contributed by atoms with E-state index in [0.717, 1.165) is 5.82 Å². The highest BCUT2D eigenvalue weighted by Crippen LogP contribution is 2.22. The Kier molecular flexibility index (Phi) is 7.31. The van der Waals surface area contributed by atoms with Crippen LogP contribution in [0.4, 0.5) is 5.82 Å². The van der Waals surface area contributed by atoms with Gasteiger partial charge in [0, 0.05) is 44.7 Å². The molecule has 1 aromatic heterocycles. The molecule has 1 N–H and O–H groups in total. The molecule has 0 bridgehead atoms. The van der Waals surface area contributed by atoms with Gasteiger partial charge in [-0.05, 0) is 13.8 Å². The van der Waals surface area contributed by atoms with Gasteiger partial charge < -0.3 is 15.1 Å². The van der Waals surface area contributed by atoms with Crippen molar-refractivity contribution in [2.75, 3.05) is 36.8 Å². The van der Waals surface area contributed by atoms with Gasteiger partial charge in [-0.25, -0.2) is 9.97 Å². The molecule has 1 aromatic rings. The minimum Gasteiger partial charge on any atom is -0.353 e. The average Bonchev–Trinajstić information content (AvgIpc) is 2.58. The van der Waals surface area contributed by atoms with E-state index in [2.05, 4.69) is 20.2 Å². The second-order valence-electron chi connectivity index (χ2n) is 6.06. The molecular formula is C16H24ClN5O2S. The Hall–Kier alpha value is -1.54. The van der Waals surface area contributed by atoms with Crippen LogP contribution in [0.5, 0.6) is 0 Å². The number of carbonyl (C=O) groups is 2. The highest BCUT2D eigenvalue weighted by Gasteiger charge is 2.21. The molecule has 25 heavy (non-hydrogen) atoms. The van der Waals surface area contributed by atoms with E-state index in [0.29, 0.717) is 42.9 Å². The highest BCUT2D eigenvalue weighted by molar-refractivity contribution is 7.99. The van der Waals surface area contributed by atoms with E-state index in [1.165, 1.54) is 11.8 Å². The van der Waals surface area contributed by atoms with Gasteiger partial charge >= 0.3 is 0 Å². The van der Waals surface area contributed by atoms with Crippen LogP contribution in [-0.2, 0) is 9.59 Å². The number of hydrogen-bond acceptors (Lipinski definition) is 6. The third kappa shape index (κ3) is 6.04. The Morgan fingerprint density at radius 1 is 1.28 bits per heavy atom. The van der Waals surface area contributed by atoms with Crippen LogP contribution < -0.4 is 10.2 Å². The van der Waals surface area contributed by atoms with Crippen molar-refractivity contribution >= 4 is 41.0 Å². The lowest BCUT2D eigenvalue weighted by Gasteiger charge is -2.35. The van der Waals surface area contributed by atoms with Crippen molar-refractivity contribution in [1.29, 1.82) is 0 Å². The summed E-state index contributed by atoms with van der Waals surface area (Å²) >= 11 is 7.38. The fourth-order valence-corrected chi connectivity index (χ4v) is 3.41. The van der Waals surface area contributed by atoms with E-state index in [1.54, 1.807) is 6.07 Å². The minimum atomic E-state index is -0.0585. The van der Waals surface area contributed by atoms with Crippen LogP contribution in [0.3, 0.4) is 0 Å². The van der Waals surface area contributed by atoms with Crippen LogP contribution in [0.2, 0.25) is 5.15 Å². The van der Waals surface area contributed by atoms with Crippen molar-refractivity contribution in [3.05, 3.63) is 11.2 Å². The maximum Gasteiger partial charge on any atom is 0.230 e. The highest BCUT2D eigenvalue weighted by atomic mass is 35.5. The van der Waals surface area contributed by atoms with Crippen molar-refractivity contribution in [3.8, 4) is 0 Å². The van der Waals surface area contributed by atoms with Gasteiger partial charge in [0.2, 0.25) is 11.8 Å². The maximum absolute atomic E-state index is 11.8. The molecule has 2 rings (SSSR count). The molecule has 1 fully saturated rings. The molecule has 138 valence electrons. The summed E-state index contributed by atoms with van der Waals surface area (Å²) in [7, 11) is 0. The van der Waals surface area contributed by atoms with Crippen LogP contribution >= 0.6 is 23.4 Å². The zero-order valence-electron chi connectivity index (χ0n) is 14.8. The number of halogens is 1. The Bertz CT molecular complexity index is 621. The first-order valence-electron chi connectivity index (χ1n) is 8.38. The largest absolute Gasteiger partial charge is 0.353 e. The predicted molar refractivity (Wildman–Crippen MR) is 100 cm³/mol. The average molecular weight is 386 g/mol. The molecule has 0 saturated carbocycles. The monoisotopic (exact) mass is 385 g/mol. The summed E-state index contributed by atoms with van der Waals surface area (Å²) in [4.78, 5) is 36.2. The molecule has 1 saturated heterocycles. The molecule has 0 atom stereocenters. The van der Waals surface area contributed by atoms with Crippen LogP contribution in [0.1, 0.15) is 27.2 Å². The quantitative estimate of drug-likeness (QED) is 0.457. The number of aromatic nitrogens is 2. The molecule has 0 spiro atoms. The number of amides is 2. The number of carbonyl (C=O) groups excluding carboxylic acids is 2.